The second-order valence-corrected chi connectivity index (χ2v) is 5.54. The van der Waals surface area contributed by atoms with Gasteiger partial charge in [0.2, 0.25) is 0 Å². The normalized spacial score (nSPS) is 10.5. The van der Waals surface area contributed by atoms with Gasteiger partial charge in [-0.3, -0.25) is 4.79 Å². The number of carbonyl (C=O) groups excluding carboxylic acids is 1. The molecule has 0 saturated carbocycles. The molecule has 0 bridgehead atoms. The number of hydrogen-bond acceptors (Lipinski definition) is 3. The van der Waals surface area contributed by atoms with Crippen LogP contribution in [-0.2, 0) is 13.5 Å². The molecule has 0 atom stereocenters. The molecule has 5 heteroatoms. The average Bonchev–Trinajstić information content (AvgIpc) is 2.82. The van der Waals surface area contributed by atoms with E-state index in [-0.39, 0.29) is 5.91 Å². The van der Waals surface area contributed by atoms with Crippen LogP contribution >= 0.6 is 0 Å². The van der Waals surface area contributed by atoms with Gasteiger partial charge < -0.3 is 19.4 Å². The highest BCUT2D eigenvalue weighted by atomic mass is 16.5. The fourth-order valence-electron chi connectivity index (χ4n) is 2.54. The van der Waals surface area contributed by atoms with Crippen LogP contribution in [0.15, 0.2) is 24.3 Å². The smallest absolute Gasteiger partial charge is 0.253 e. The Morgan fingerprint density at radius 3 is 2.39 bits per heavy atom. The fourth-order valence-corrected chi connectivity index (χ4v) is 2.54. The summed E-state index contributed by atoms with van der Waals surface area (Å²) in [4.78, 5) is 12.3. The second kappa shape index (κ2) is 7.22. The minimum atomic E-state index is -0.0355. The first-order chi connectivity index (χ1) is 11.0. The van der Waals surface area contributed by atoms with Crippen LogP contribution in [0.25, 0.3) is 0 Å². The molecule has 124 valence electrons. The molecule has 1 amide bonds. The molecule has 0 aliphatic heterocycles. The van der Waals surface area contributed by atoms with Crippen LogP contribution in [0.5, 0.6) is 11.5 Å². The highest BCUT2D eigenvalue weighted by Gasteiger charge is 2.13. The van der Waals surface area contributed by atoms with Crippen molar-refractivity contribution in [3.8, 4) is 11.5 Å². The molecular weight excluding hydrogens is 292 g/mol. The lowest BCUT2D eigenvalue weighted by atomic mass is 10.1. The van der Waals surface area contributed by atoms with Gasteiger partial charge >= 0.3 is 0 Å². The van der Waals surface area contributed by atoms with Crippen molar-refractivity contribution < 1.29 is 14.3 Å². The van der Waals surface area contributed by atoms with Gasteiger partial charge in [-0.1, -0.05) is 6.07 Å². The number of nitrogens with zero attached hydrogens (tertiary/aromatic N) is 1. The van der Waals surface area contributed by atoms with E-state index in [1.807, 2.05) is 49.7 Å². The molecule has 1 heterocycles. The molecular formula is C18H24N2O3. The molecule has 0 spiro atoms. The van der Waals surface area contributed by atoms with Gasteiger partial charge in [-0.25, -0.2) is 0 Å². The fraction of sp³-hybridized carbons (Fsp3) is 0.389. The number of methoxy groups -OCH3 is 2. The van der Waals surface area contributed by atoms with E-state index in [4.69, 9.17) is 9.47 Å². The Balaban J connectivity index is 1.97. The lowest BCUT2D eigenvalue weighted by Gasteiger charge is -2.10. The molecule has 0 unspecified atom stereocenters. The Hall–Kier alpha value is -2.43. The SMILES string of the molecule is COc1ccc(CCNC(=O)c2cc(C)n(C)c2C)cc1OC. The molecule has 0 aliphatic rings. The number of aromatic nitrogens is 1. The summed E-state index contributed by atoms with van der Waals surface area (Å²) >= 11 is 0. The standard InChI is InChI=1S/C18H24N2O3/c1-12-10-15(13(2)20(12)3)18(21)19-9-8-14-6-7-16(22-4)17(11-14)23-5/h6-7,10-11H,8-9H2,1-5H3,(H,19,21). The Labute approximate surface area is 137 Å². The maximum absolute atomic E-state index is 12.3. The summed E-state index contributed by atoms with van der Waals surface area (Å²) in [6.07, 6.45) is 0.733. The molecule has 1 aromatic heterocycles. The Morgan fingerprint density at radius 2 is 1.83 bits per heavy atom. The van der Waals surface area contributed by atoms with E-state index < -0.39 is 0 Å². The van der Waals surface area contributed by atoms with Crippen molar-refractivity contribution in [3.63, 3.8) is 0 Å². The molecule has 5 nitrogen and oxygen atoms in total. The first-order valence-electron chi connectivity index (χ1n) is 7.60. The number of amides is 1. The Bertz CT molecular complexity index is 705. The first-order valence-corrected chi connectivity index (χ1v) is 7.60. The first kappa shape index (κ1) is 16.9. The number of benzene rings is 1. The van der Waals surface area contributed by atoms with E-state index in [0.29, 0.717) is 18.0 Å². The summed E-state index contributed by atoms with van der Waals surface area (Å²) in [6, 6.07) is 7.70. The number of rotatable bonds is 6. The maximum Gasteiger partial charge on any atom is 0.253 e. The Kier molecular flexibility index (Phi) is 5.32. The zero-order chi connectivity index (χ0) is 17.0. The lowest BCUT2D eigenvalue weighted by Crippen LogP contribution is -2.26. The minimum absolute atomic E-state index is 0.0355. The van der Waals surface area contributed by atoms with Gasteiger partial charge in [-0.05, 0) is 44.0 Å². The van der Waals surface area contributed by atoms with Crippen LogP contribution in [0.3, 0.4) is 0 Å². The second-order valence-electron chi connectivity index (χ2n) is 5.54. The predicted octanol–water partition coefficient (Wildman–Crippen LogP) is 2.63. The zero-order valence-electron chi connectivity index (χ0n) is 14.4. The van der Waals surface area contributed by atoms with Gasteiger partial charge in [0, 0.05) is 25.0 Å². The molecule has 2 rings (SSSR count). The monoisotopic (exact) mass is 316 g/mol. The maximum atomic E-state index is 12.3. The van der Waals surface area contributed by atoms with Crippen LogP contribution in [0.1, 0.15) is 27.3 Å². The molecule has 0 radical (unpaired) electrons. The number of ether oxygens (including phenoxy) is 2. The van der Waals surface area contributed by atoms with Crippen LogP contribution in [0, 0.1) is 13.8 Å². The van der Waals surface area contributed by atoms with E-state index in [2.05, 4.69) is 5.32 Å². The lowest BCUT2D eigenvalue weighted by molar-refractivity contribution is 0.0953. The molecule has 2 aromatic rings. The van der Waals surface area contributed by atoms with Gasteiger partial charge in [0.1, 0.15) is 0 Å². The number of carbonyl (C=O) groups is 1. The topological polar surface area (TPSA) is 52.5 Å². The Morgan fingerprint density at radius 1 is 1.13 bits per heavy atom. The average molecular weight is 316 g/mol. The van der Waals surface area contributed by atoms with Crippen molar-refractivity contribution in [1.29, 1.82) is 0 Å². The van der Waals surface area contributed by atoms with Crippen molar-refractivity contribution in [2.24, 2.45) is 7.05 Å². The highest BCUT2D eigenvalue weighted by Crippen LogP contribution is 2.27. The summed E-state index contributed by atoms with van der Waals surface area (Å²) in [5, 5.41) is 2.97. The molecule has 1 N–H and O–H groups in total. The third-order valence-corrected chi connectivity index (χ3v) is 4.17. The summed E-state index contributed by atoms with van der Waals surface area (Å²) in [7, 11) is 5.19. The third-order valence-electron chi connectivity index (χ3n) is 4.17. The van der Waals surface area contributed by atoms with Crippen LogP contribution in [0.4, 0.5) is 0 Å². The van der Waals surface area contributed by atoms with E-state index in [1.54, 1.807) is 14.2 Å². The van der Waals surface area contributed by atoms with Gasteiger partial charge in [0.25, 0.3) is 5.91 Å². The summed E-state index contributed by atoms with van der Waals surface area (Å²) in [5.41, 5.74) is 3.87. The molecule has 1 aromatic carbocycles. The van der Waals surface area contributed by atoms with Crippen molar-refractivity contribution >= 4 is 5.91 Å². The number of nitrogens with one attached hydrogen (secondary N) is 1. The van der Waals surface area contributed by atoms with Gasteiger partial charge in [0.15, 0.2) is 11.5 Å². The van der Waals surface area contributed by atoms with Crippen molar-refractivity contribution in [1.82, 2.24) is 9.88 Å². The van der Waals surface area contributed by atoms with Crippen molar-refractivity contribution in [3.05, 3.63) is 46.8 Å². The van der Waals surface area contributed by atoms with E-state index >= 15 is 0 Å². The van der Waals surface area contributed by atoms with Crippen LogP contribution in [0.2, 0.25) is 0 Å². The quantitative estimate of drug-likeness (QED) is 0.891. The third kappa shape index (κ3) is 3.67. The van der Waals surface area contributed by atoms with E-state index in [9.17, 15) is 4.79 Å². The summed E-state index contributed by atoms with van der Waals surface area (Å²) in [5.74, 6) is 1.37. The summed E-state index contributed by atoms with van der Waals surface area (Å²) < 4.78 is 12.5. The zero-order valence-corrected chi connectivity index (χ0v) is 14.4. The highest BCUT2D eigenvalue weighted by molar-refractivity contribution is 5.95. The number of hydrogen-bond donors (Lipinski definition) is 1. The van der Waals surface area contributed by atoms with Crippen LogP contribution in [-0.4, -0.2) is 31.2 Å². The molecule has 0 fully saturated rings. The van der Waals surface area contributed by atoms with E-state index in [1.165, 1.54) is 0 Å². The molecule has 23 heavy (non-hydrogen) atoms. The van der Waals surface area contributed by atoms with Crippen molar-refractivity contribution in [2.75, 3.05) is 20.8 Å². The van der Waals surface area contributed by atoms with Gasteiger partial charge in [-0.2, -0.15) is 0 Å². The van der Waals surface area contributed by atoms with E-state index in [0.717, 1.165) is 28.9 Å². The van der Waals surface area contributed by atoms with Crippen LogP contribution < -0.4 is 14.8 Å². The molecule has 0 saturated heterocycles. The largest absolute Gasteiger partial charge is 0.493 e. The van der Waals surface area contributed by atoms with Crippen molar-refractivity contribution in [2.45, 2.75) is 20.3 Å². The van der Waals surface area contributed by atoms with Gasteiger partial charge in [-0.15, -0.1) is 0 Å². The minimum Gasteiger partial charge on any atom is -0.493 e. The van der Waals surface area contributed by atoms with Gasteiger partial charge in [0.05, 0.1) is 19.8 Å². The summed E-state index contributed by atoms with van der Waals surface area (Å²) in [6.45, 7) is 4.52. The predicted molar refractivity (Wildman–Crippen MR) is 90.5 cm³/mol. The molecule has 0 aliphatic carbocycles. The number of aryl methyl sites for hydroxylation is 1.